The number of aromatic hydroxyl groups is 1. The second-order valence-corrected chi connectivity index (χ2v) is 8.68. The predicted molar refractivity (Wildman–Crippen MR) is 147 cm³/mol. The molecule has 0 aliphatic carbocycles. The van der Waals surface area contributed by atoms with Crippen molar-refractivity contribution in [1.82, 2.24) is 10.4 Å². The normalized spacial score (nSPS) is 10.9. The maximum Gasteiger partial charge on any atom is 0.277 e. The lowest BCUT2D eigenvalue weighted by Crippen LogP contribution is -2.55. The van der Waals surface area contributed by atoms with Crippen LogP contribution in [0.3, 0.4) is 0 Å². The molecule has 0 unspecified atom stereocenters. The molecule has 5 rings (SSSR count). The van der Waals surface area contributed by atoms with Crippen LogP contribution in [0.15, 0.2) is 140 Å². The molecule has 4 aromatic carbocycles. The molecule has 5 aromatic rings. The SMILES string of the molecule is O=C(c1ccncc1)N(NC(=O)C(c1ccccc1)(c1ccccc1)c1ccc(O)cc1)c1ccccc1. The predicted octanol–water partition coefficient (Wildman–Crippen LogP) is 5.50. The molecule has 0 saturated heterocycles. The van der Waals surface area contributed by atoms with Crippen LogP contribution in [0.1, 0.15) is 27.0 Å². The van der Waals surface area contributed by atoms with Crippen molar-refractivity contribution in [3.8, 4) is 5.75 Å². The third-order valence-electron chi connectivity index (χ3n) is 6.41. The number of aromatic nitrogens is 1. The first kappa shape index (κ1) is 24.5. The fourth-order valence-corrected chi connectivity index (χ4v) is 4.60. The maximum absolute atomic E-state index is 14.7. The number of pyridine rings is 1. The van der Waals surface area contributed by atoms with Crippen LogP contribution in [0, 0.1) is 0 Å². The molecule has 0 fully saturated rings. The third-order valence-corrected chi connectivity index (χ3v) is 6.41. The largest absolute Gasteiger partial charge is 0.508 e. The number of rotatable bonds is 6. The van der Waals surface area contributed by atoms with Gasteiger partial charge in [-0.25, -0.2) is 5.01 Å². The number of amides is 2. The summed E-state index contributed by atoms with van der Waals surface area (Å²) in [5.41, 5.74) is 4.52. The number of benzene rings is 4. The quantitative estimate of drug-likeness (QED) is 0.239. The molecule has 1 aromatic heterocycles. The zero-order valence-electron chi connectivity index (χ0n) is 20.4. The molecule has 0 radical (unpaired) electrons. The van der Waals surface area contributed by atoms with E-state index in [9.17, 15) is 14.7 Å². The standard InChI is InChI=1S/C32H25N3O3/c36-29-18-16-27(17-19-29)32(25-10-4-1-5-11-25,26-12-6-2-7-13-26)31(38)34-35(28-14-8-3-9-15-28)30(37)24-20-22-33-23-21-24/h1-23,36H,(H,34,38). The number of carbonyl (C=O) groups is 2. The van der Waals surface area contributed by atoms with Crippen molar-refractivity contribution in [3.63, 3.8) is 0 Å². The molecule has 6 nitrogen and oxygen atoms in total. The van der Waals surface area contributed by atoms with Gasteiger partial charge in [0.25, 0.3) is 11.8 Å². The van der Waals surface area contributed by atoms with E-state index in [2.05, 4.69) is 10.4 Å². The van der Waals surface area contributed by atoms with Crippen LogP contribution in [-0.4, -0.2) is 21.9 Å². The van der Waals surface area contributed by atoms with E-state index in [4.69, 9.17) is 0 Å². The van der Waals surface area contributed by atoms with Crippen molar-refractivity contribution in [2.75, 3.05) is 5.01 Å². The monoisotopic (exact) mass is 499 g/mol. The maximum atomic E-state index is 14.7. The Morgan fingerprint density at radius 2 is 1.11 bits per heavy atom. The average Bonchev–Trinajstić information content (AvgIpc) is 2.99. The molecule has 2 N–H and O–H groups in total. The lowest BCUT2D eigenvalue weighted by Gasteiger charge is -2.36. The fraction of sp³-hybridized carbons (Fsp3) is 0.0312. The zero-order chi connectivity index (χ0) is 26.4. The highest BCUT2D eigenvalue weighted by atomic mass is 16.3. The van der Waals surface area contributed by atoms with Crippen molar-refractivity contribution < 1.29 is 14.7 Å². The van der Waals surface area contributed by atoms with Gasteiger partial charge in [0.1, 0.15) is 11.2 Å². The molecule has 186 valence electrons. The number of hydrogen-bond acceptors (Lipinski definition) is 4. The Labute approximate surface area is 220 Å². The number of hydrogen-bond donors (Lipinski definition) is 2. The molecule has 1 heterocycles. The summed E-state index contributed by atoms with van der Waals surface area (Å²) in [4.78, 5) is 32.4. The Kier molecular flexibility index (Phi) is 6.95. The molecule has 0 spiro atoms. The number of hydrazine groups is 1. The number of anilines is 1. The van der Waals surface area contributed by atoms with E-state index in [1.54, 1.807) is 60.7 Å². The Morgan fingerprint density at radius 1 is 0.632 bits per heavy atom. The molecule has 0 aliphatic heterocycles. The molecule has 2 amide bonds. The van der Waals surface area contributed by atoms with E-state index in [1.165, 1.54) is 17.4 Å². The number of carbonyl (C=O) groups excluding carboxylic acids is 2. The number of phenolic OH excluding ortho intramolecular Hbond substituents is 1. The lowest BCUT2D eigenvalue weighted by molar-refractivity contribution is -0.124. The minimum Gasteiger partial charge on any atom is -0.508 e. The summed E-state index contributed by atoms with van der Waals surface area (Å²) in [7, 11) is 0. The molecular weight excluding hydrogens is 474 g/mol. The highest BCUT2D eigenvalue weighted by Gasteiger charge is 2.45. The van der Waals surface area contributed by atoms with Crippen molar-refractivity contribution in [1.29, 1.82) is 0 Å². The van der Waals surface area contributed by atoms with Crippen LogP contribution in [0.2, 0.25) is 0 Å². The summed E-state index contributed by atoms with van der Waals surface area (Å²) >= 11 is 0. The molecule has 0 atom stereocenters. The van der Waals surface area contributed by atoms with Crippen molar-refractivity contribution >= 4 is 17.5 Å². The van der Waals surface area contributed by atoms with E-state index < -0.39 is 17.2 Å². The van der Waals surface area contributed by atoms with Crippen molar-refractivity contribution in [2.45, 2.75) is 5.41 Å². The molecule has 38 heavy (non-hydrogen) atoms. The molecule has 6 heteroatoms. The first-order valence-electron chi connectivity index (χ1n) is 12.1. The van der Waals surface area contributed by atoms with Gasteiger partial charge in [-0.2, -0.15) is 0 Å². The number of nitrogens with one attached hydrogen (secondary N) is 1. The van der Waals surface area contributed by atoms with E-state index in [1.807, 2.05) is 66.7 Å². The minimum absolute atomic E-state index is 0.0861. The minimum atomic E-state index is -1.35. The molecule has 0 aliphatic rings. The summed E-state index contributed by atoms with van der Waals surface area (Å²) in [5.74, 6) is -0.762. The first-order valence-corrected chi connectivity index (χ1v) is 12.1. The van der Waals surface area contributed by atoms with Crippen LogP contribution in [0.25, 0.3) is 0 Å². The fourth-order valence-electron chi connectivity index (χ4n) is 4.60. The van der Waals surface area contributed by atoms with Gasteiger partial charge < -0.3 is 5.11 Å². The van der Waals surface area contributed by atoms with Gasteiger partial charge in [-0.3, -0.25) is 20.0 Å². The summed E-state index contributed by atoms with van der Waals surface area (Å²) in [6.45, 7) is 0. The summed E-state index contributed by atoms with van der Waals surface area (Å²) < 4.78 is 0. The average molecular weight is 500 g/mol. The number of nitrogens with zero attached hydrogens (tertiary/aromatic N) is 2. The number of phenols is 1. The van der Waals surface area contributed by atoms with Crippen LogP contribution >= 0.6 is 0 Å². The van der Waals surface area contributed by atoms with E-state index in [-0.39, 0.29) is 5.75 Å². The van der Waals surface area contributed by atoms with Gasteiger partial charge in [0.15, 0.2) is 0 Å². The Balaban J connectivity index is 1.70. The van der Waals surface area contributed by atoms with E-state index in [0.29, 0.717) is 27.9 Å². The van der Waals surface area contributed by atoms with Crippen molar-refractivity contribution in [2.24, 2.45) is 0 Å². The summed E-state index contributed by atoms with van der Waals surface area (Å²) in [6.07, 6.45) is 3.07. The van der Waals surface area contributed by atoms with Gasteiger partial charge in [-0.15, -0.1) is 0 Å². The van der Waals surface area contributed by atoms with Gasteiger partial charge in [-0.05, 0) is 53.1 Å². The zero-order valence-corrected chi connectivity index (χ0v) is 20.4. The van der Waals surface area contributed by atoms with Crippen LogP contribution in [0.5, 0.6) is 5.75 Å². The van der Waals surface area contributed by atoms with Gasteiger partial charge in [-0.1, -0.05) is 91.0 Å². The van der Waals surface area contributed by atoms with E-state index in [0.717, 1.165) is 0 Å². The van der Waals surface area contributed by atoms with Crippen molar-refractivity contribution in [3.05, 3.63) is 162 Å². The summed E-state index contributed by atoms with van der Waals surface area (Å²) in [6, 6.07) is 37.5. The van der Waals surface area contributed by atoms with Gasteiger partial charge in [0.05, 0.1) is 5.69 Å². The second-order valence-electron chi connectivity index (χ2n) is 8.68. The topological polar surface area (TPSA) is 82.5 Å². The second kappa shape index (κ2) is 10.8. The smallest absolute Gasteiger partial charge is 0.277 e. The molecule has 0 bridgehead atoms. The van der Waals surface area contributed by atoms with Gasteiger partial charge in [0.2, 0.25) is 0 Å². The van der Waals surface area contributed by atoms with Crippen LogP contribution in [-0.2, 0) is 10.2 Å². The van der Waals surface area contributed by atoms with Crippen LogP contribution < -0.4 is 10.4 Å². The van der Waals surface area contributed by atoms with E-state index >= 15 is 0 Å². The number of para-hydroxylation sites is 1. The van der Waals surface area contributed by atoms with Gasteiger partial charge in [0, 0.05) is 18.0 Å². The highest BCUT2D eigenvalue weighted by Crippen LogP contribution is 2.40. The van der Waals surface area contributed by atoms with Gasteiger partial charge >= 0.3 is 0 Å². The molecular formula is C32H25N3O3. The first-order chi connectivity index (χ1) is 18.6. The Morgan fingerprint density at radius 3 is 1.63 bits per heavy atom. The third kappa shape index (κ3) is 4.63. The Hall–Kier alpha value is -5.23. The molecule has 0 saturated carbocycles. The lowest BCUT2D eigenvalue weighted by atomic mass is 9.68. The highest BCUT2D eigenvalue weighted by molar-refractivity contribution is 6.09. The Bertz CT molecular complexity index is 1470. The van der Waals surface area contributed by atoms with Crippen LogP contribution in [0.4, 0.5) is 5.69 Å². The summed E-state index contributed by atoms with van der Waals surface area (Å²) in [5, 5.41) is 11.3.